The Hall–Kier alpha value is -1.97. The lowest BCUT2D eigenvalue weighted by Crippen LogP contribution is -2.32. The SMILES string of the molecule is Nc1cc(C(=O)CI)ccc1C(=O)ON1C(=O)CCC1=O. The predicted molar refractivity (Wildman–Crippen MR) is 80.6 cm³/mol. The van der Waals surface area contributed by atoms with E-state index >= 15 is 0 Å². The number of Topliss-reactive ketones (excluding diaryl/α,β-unsaturated/α-hetero) is 1. The quantitative estimate of drug-likeness (QED) is 0.266. The van der Waals surface area contributed by atoms with Crippen LogP contribution in [0, 0.1) is 0 Å². The van der Waals surface area contributed by atoms with Gasteiger partial charge in [-0.15, -0.1) is 5.06 Å². The number of hydroxylamine groups is 2. The van der Waals surface area contributed by atoms with Crippen LogP contribution in [-0.2, 0) is 14.4 Å². The fraction of sp³-hybridized carbons (Fsp3) is 0.231. The molecule has 1 aromatic rings. The molecule has 0 radical (unpaired) electrons. The number of nitrogens with zero attached hydrogens (tertiary/aromatic N) is 1. The first kappa shape index (κ1) is 15.4. The highest BCUT2D eigenvalue weighted by Gasteiger charge is 2.33. The second kappa shape index (κ2) is 6.20. The molecule has 0 atom stereocenters. The Bertz CT molecular complexity index is 627. The fourth-order valence-corrected chi connectivity index (χ4v) is 2.23. The largest absolute Gasteiger partial charge is 0.398 e. The first-order chi connectivity index (χ1) is 9.93. The Labute approximate surface area is 133 Å². The van der Waals surface area contributed by atoms with Crippen LogP contribution in [-0.4, -0.2) is 33.1 Å². The summed E-state index contributed by atoms with van der Waals surface area (Å²) >= 11 is 1.92. The van der Waals surface area contributed by atoms with Crippen molar-refractivity contribution in [3.63, 3.8) is 0 Å². The third-order valence-corrected chi connectivity index (χ3v) is 3.59. The minimum Gasteiger partial charge on any atom is -0.398 e. The van der Waals surface area contributed by atoms with Crippen molar-refractivity contribution in [2.45, 2.75) is 12.8 Å². The van der Waals surface area contributed by atoms with Gasteiger partial charge in [-0.2, -0.15) is 0 Å². The summed E-state index contributed by atoms with van der Waals surface area (Å²) in [5.74, 6) is -2.16. The maximum absolute atomic E-state index is 11.9. The van der Waals surface area contributed by atoms with Gasteiger partial charge in [0.05, 0.1) is 9.99 Å². The van der Waals surface area contributed by atoms with Crippen molar-refractivity contribution >= 4 is 51.8 Å². The Kier molecular flexibility index (Phi) is 4.56. The lowest BCUT2D eigenvalue weighted by molar-refractivity contribution is -0.172. The third kappa shape index (κ3) is 3.20. The molecular formula is C13H11IN2O5. The second-order valence-electron chi connectivity index (χ2n) is 4.32. The highest BCUT2D eigenvalue weighted by molar-refractivity contribution is 14.1. The molecule has 0 spiro atoms. The van der Waals surface area contributed by atoms with E-state index in [0.717, 1.165) is 0 Å². The van der Waals surface area contributed by atoms with Crippen molar-refractivity contribution < 1.29 is 24.0 Å². The number of halogens is 1. The van der Waals surface area contributed by atoms with Crippen LogP contribution < -0.4 is 5.73 Å². The lowest BCUT2D eigenvalue weighted by atomic mass is 10.1. The smallest absolute Gasteiger partial charge is 0.365 e. The summed E-state index contributed by atoms with van der Waals surface area (Å²) in [5.41, 5.74) is 6.14. The molecule has 0 aromatic heterocycles. The summed E-state index contributed by atoms with van der Waals surface area (Å²) in [5, 5.41) is 0.450. The van der Waals surface area contributed by atoms with E-state index in [1.54, 1.807) is 0 Å². The number of nitrogen functional groups attached to an aromatic ring is 1. The number of rotatable bonds is 4. The summed E-state index contributed by atoms with van der Waals surface area (Å²) in [4.78, 5) is 51.0. The lowest BCUT2D eigenvalue weighted by Gasteiger charge is -2.13. The number of carbonyl (C=O) groups is 4. The normalized spacial score (nSPS) is 14.4. The number of benzene rings is 1. The minimum absolute atomic E-state index is 0.00694. The van der Waals surface area contributed by atoms with Crippen LogP contribution in [0.2, 0.25) is 0 Å². The van der Waals surface area contributed by atoms with Gasteiger partial charge in [0.25, 0.3) is 11.8 Å². The van der Waals surface area contributed by atoms with E-state index in [1.807, 2.05) is 22.6 Å². The van der Waals surface area contributed by atoms with Gasteiger partial charge in [0.15, 0.2) is 5.78 Å². The predicted octanol–water partition coefficient (Wildman–Crippen LogP) is 1.11. The third-order valence-electron chi connectivity index (χ3n) is 2.89. The van der Waals surface area contributed by atoms with Crippen molar-refractivity contribution in [2.75, 3.05) is 10.2 Å². The van der Waals surface area contributed by atoms with Crippen molar-refractivity contribution in [2.24, 2.45) is 0 Å². The number of alkyl halides is 1. The maximum atomic E-state index is 11.9. The van der Waals surface area contributed by atoms with Gasteiger partial charge in [-0.05, 0) is 12.1 Å². The number of hydrogen-bond donors (Lipinski definition) is 1. The molecular weight excluding hydrogens is 391 g/mol. The highest BCUT2D eigenvalue weighted by Crippen LogP contribution is 2.19. The van der Waals surface area contributed by atoms with Crippen LogP contribution in [0.15, 0.2) is 18.2 Å². The topological polar surface area (TPSA) is 107 Å². The van der Waals surface area contributed by atoms with Gasteiger partial charge in [-0.25, -0.2) is 4.79 Å². The highest BCUT2D eigenvalue weighted by atomic mass is 127. The zero-order valence-corrected chi connectivity index (χ0v) is 13.0. The van der Waals surface area contributed by atoms with Crippen molar-refractivity contribution in [1.82, 2.24) is 5.06 Å². The van der Waals surface area contributed by atoms with E-state index in [1.165, 1.54) is 18.2 Å². The molecule has 1 aliphatic rings. The summed E-state index contributed by atoms with van der Waals surface area (Å²) in [6, 6.07) is 4.15. The molecule has 8 heteroatoms. The van der Waals surface area contributed by atoms with Gasteiger partial charge in [0, 0.05) is 24.1 Å². The Morgan fingerprint density at radius 3 is 2.38 bits per heavy atom. The van der Waals surface area contributed by atoms with Crippen molar-refractivity contribution in [1.29, 1.82) is 0 Å². The molecule has 1 fully saturated rings. The van der Waals surface area contributed by atoms with Crippen LogP contribution in [0.4, 0.5) is 5.69 Å². The van der Waals surface area contributed by atoms with Crippen LogP contribution in [0.25, 0.3) is 0 Å². The molecule has 1 aliphatic heterocycles. The number of hydrogen-bond acceptors (Lipinski definition) is 6. The zero-order chi connectivity index (χ0) is 15.6. The van der Waals surface area contributed by atoms with Gasteiger partial charge >= 0.3 is 5.97 Å². The Morgan fingerprint density at radius 2 is 1.86 bits per heavy atom. The number of imide groups is 1. The van der Waals surface area contributed by atoms with Crippen molar-refractivity contribution in [3.05, 3.63) is 29.3 Å². The molecule has 21 heavy (non-hydrogen) atoms. The molecule has 0 bridgehead atoms. The molecule has 110 valence electrons. The summed E-state index contributed by atoms with van der Waals surface area (Å²) < 4.78 is 0.289. The maximum Gasteiger partial charge on any atom is 0.365 e. The summed E-state index contributed by atoms with van der Waals surface area (Å²) in [6.07, 6.45) is 0.0371. The number of amides is 2. The fourth-order valence-electron chi connectivity index (χ4n) is 1.79. The summed E-state index contributed by atoms with van der Waals surface area (Å²) in [6.45, 7) is 0. The zero-order valence-electron chi connectivity index (χ0n) is 10.8. The van der Waals surface area contributed by atoms with E-state index in [-0.39, 0.29) is 34.3 Å². The monoisotopic (exact) mass is 402 g/mol. The van der Waals surface area contributed by atoms with E-state index in [4.69, 9.17) is 10.6 Å². The Morgan fingerprint density at radius 1 is 1.24 bits per heavy atom. The van der Waals surface area contributed by atoms with Crippen LogP contribution in [0.3, 0.4) is 0 Å². The van der Waals surface area contributed by atoms with Gasteiger partial charge in [-0.3, -0.25) is 14.4 Å². The van der Waals surface area contributed by atoms with Crippen LogP contribution in [0.1, 0.15) is 33.6 Å². The van der Waals surface area contributed by atoms with Crippen molar-refractivity contribution in [3.8, 4) is 0 Å². The van der Waals surface area contributed by atoms with Crippen LogP contribution >= 0.6 is 22.6 Å². The molecule has 0 unspecified atom stereocenters. The number of nitrogens with two attached hydrogens (primary N) is 1. The van der Waals surface area contributed by atoms with Gasteiger partial charge < -0.3 is 10.6 Å². The summed E-state index contributed by atoms with van der Waals surface area (Å²) in [7, 11) is 0. The van der Waals surface area contributed by atoms with Gasteiger partial charge in [0.1, 0.15) is 0 Å². The molecule has 1 aromatic carbocycles. The Balaban J connectivity index is 2.18. The molecule has 2 N–H and O–H groups in total. The second-order valence-corrected chi connectivity index (χ2v) is 5.08. The molecule has 1 heterocycles. The number of carbonyl (C=O) groups excluding carboxylic acids is 4. The first-order valence-electron chi connectivity index (χ1n) is 6.01. The standard InChI is InChI=1S/C13H11IN2O5/c14-6-10(17)7-1-2-8(9(15)5-7)13(20)21-16-11(18)3-4-12(16)19/h1-2,5H,3-4,6,15H2. The molecule has 2 rings (SSSR count). The molecule has 2 amide bonds. The van der Waals surface area contributed by atoms with E-state index in [9.17, 15) is 19.2 Å². The first-order valence-corrected chi connectivity index (χ1v) is 7.53. The average molecular weight is 402 g/mol. The molecule has 0 saturated carbocycles. The van der Waals surface area contributed by atoms with Gasteiger partial charge in [-0.1, -0.05) is 28.7 Å². The average Bonchev–Trinajstić information content (AvgIpc) is 2.78. The van der Waals surface area contributed by atoms with Gasteiger partial charge in [0.2, 0.25) is 0 Å². The van der Waals surface area contributed by atoms with Crippen LogP contribution in [0.5, 0.6) is 0 Å². The van der Waals surface area contributed by atoms with E-state index < -0.39 is 17.8 Å². The minimum atomic E-state index is -0.912. The van der Waals surface area contributed by atoms with E-state index in [2.05, 4.69) is 0 Å². The molecule has 7 nitrogen and oxygen atoms in total. The number of ketones is 1. The number of anilines is 1. The molecule has 0 aliphatic carbocycles. The van der Waals surface area contributed by atoms with E-state index in [0.29, 0.717) is 10.6 Å². The molecule has 1 saturated heterocycles.